The summed E-state index contributed by atoms with van der Waals surface area (Å²) in [5, 5.41) is 3.94. The largest absolute Gasteiger partial charge is 0.339 e. The van der Waals surface area contributed by atoms with Gasteiger partial charge in [0, 0.05) is 25.3 Å². The lowest BCUT2D eigenvalue weighted by molar-refractivity contribution is 0.0690. The fourth-order valence-corrected chi connectivity index (χ4v) is 2.79. The number of hydrogen-bond donors (Lipinski definition) is 1. The summed E-state index contributed by atoms with van der Waals surface area (Å²) in [6, 6.07) is 2.32. The Bertz CT molecular complexity index is 450. The number of carbonyl (C=O) groups is 1. The number of rotatable bonds is 3. The van der Waals surface area contributed by atoms with Gasteiger partial charge < -0.3 is 14.8 Å². The molecule has 0 unspecified atom stereocenters. The summed E-state index contributed by atoms with van der Waals surface area (Å²) in [5.41, 5.74) is 0.682. The molecule has 0 bridgehead atoms. The van der Waals surface area contributed by atoms with Crippen LogP contribution in [0.25, 0.3) is 0 Å². The molecule has 0 atom stereocenters. The van der Waals surface area contributed by atoms with Crippen LogP contribution in [-0.4, -0.2) is 41.6 Å². The fourth-order valence-electron chi connectivity index (χ4n) is 2.58. The van der Waals surface area contributed by atoms with Crippen LogP contribution < -0.4 is 5.32 Å². The molecule has 1 aromatic heterocycles. The highest BCUT2D eigenvalue weighted by Gasteiger charge is 2.25. The van der Waals surface area contributed by atoms with Crippen molar-refractivity contribution in [3.63, 3.8) is 0 Å². The van der Waals surface area contributed by atoms with E-state index >= 15 is 0 Å². The van der Waals surface area contributed by atoms with Gasteiger partial charge in [0.25, 0.3) is 5.91 Å². The third-order valence-electron chi connectivity index (χ3n) is 3.77. The molecule has 0 saturated carbocycles. The standard InChI is InChI=1S/C14H22ClN3O/c1-10(2)18-9-11(15)8-13(18)14(19)17(3)12-4-6-16-7-5-12/h8-10,12,16H,4-7H2,1-3H3. The number of nitrogens with zero attached hydrogens (tertiary/aromatic N) is 2. The van der Waals surface area contributed by atoms with Crippen LogP contribution >= 0.6 is 11.6 Å². The lowest BCUT2D eigenvalue weighted by Crippen LogP contribution is -2.44. The van der Waals surface area contributed by atoms with Crippen LogP contribution in [0.5, 0.6) is 0 Å². The number of hydrogen-bond acceptors (Lipinski definition) is 2. The van der Waals surface area contributed by atoms with Crippen molar-refractivity contribution in [1.82, 2.24) is 14.8 Å². The van der Waals surface area contributed by atoms with Crippen molar-refractivity contribution in [2.24, 2.45) is 0 Å². The Morgan fingerprint density at radius 1 is 1.47 bits per heavy atom. The van der Waals surface area contributed by atoms with Crippen LogP contribution in [0, 0.1) is 0 Å². The number of aromatic nitrogens is 1. The lowest BCUT2D eigenvalue weighted by atomic mass is 10.1. The van der Waals surface area contributed by atoms with Crippen LogP contribution in [-0.2, 0) is 0 Å². The van der Waals surface area contributed by atoms with E-state index in [1.165, 1.54) is 0 Å². The molecule has 0 radical (unpaired) electrons. The zero-order chi connectivity index (χ0) is 14.0. The molecule has 106 valence electrons. The molecule has 1 amide bonds. The van der Waals surface area contributed by atoms with Gasteiger partial charge in [-0.15, -0.1) is 0 Å². The fraction of sp³-hybridized carbons (Fsp3) is 0.643. The van der Waals surface area contributed by atoms with E-state index in [0.717, 1.165) is 25.9 Å². The predicted octanol–water partition coefficient (Wildman–Crippen LogP) is 2.55. The molecular weight excluding hydrogens is 262 g/mol. The zero-order valence-corrected chi connectivity index (χ0v) is 12.6. The predicted molar refractivity (Wildman–Crippen MR) is 77.8 cm³/mol. The summed E-state index contributed by atoms with van der Waals surface area (Å²) in [5.74, 6) is 0.0625. The first-order chi connectivity index (χ1) is 9.00. The molecule has 0 aliphatic carbocycles. The van der Waals surface area contributed by atoms with Crippen LogP contribution in [0.15, 0.2) is 12.3 Å². The average molecular weight is 284 g/mol. The Morgan fingerprint density at radius 3 is 2.68 bits per heavy atom. The van der Waals surface area contributed by atoms with Crippen molar-refractivity contribution in [3.8, 4) is 0 Å². The van der Waals surface area contributed by atoms with Gasteiger partial charge in [0.1, 0.15) is 5.69 Å². The van der Waals surface area contributed by atoms with Gasteiger partial charge in [0.15, 0.2) is 0 Å². The third kappa shape index (κ3) is 3.12. The van der Waals surface area contributed by atoms with E-state index in [4.69, 9.17) is 11.6 Å². The topological polar surface area (TPSA) is 37.3 Å². The molecule has 1 saturated heterocycles. The summed E-state index contributed by atoms with van der Waals surface area (Å²) in [6.07, 6.45) is 3.85. The van der Waals surface area contributed by atoms with Crippen molar-refractivity contribution in [2.45, 2.75) is 38.8 Å². The summed E-state index contributed by atoms with van der Waals surface area (Å²) in [6.45, 7) is 6.07. The normalized spacial score (nSPS) is 16.9. The smallest absolute Gasteiger partial charge is 0.270 e. The number of piperidine rings is 1. The van der Waals surface area contributed by atoms with Gasteiger partial charge in [-0.25, -0.2) is 0 Å². The Kier molecular flexibility index (Phi) is 4.53. The maximum Gasteiger partial charge on any atom is 0.270 e. The molecule has 4 nitrogen and oxygen atoms in total. The maximum absolute atomic E-state index is 12.6. The van der Waals surface area contributed by atoms with Gasteiger partial charge in [-0.05, 0) is 45.8 Å². The second-order valence-corrected chi connectivity index (χ2v) is 5.88. The first kappa shape index (κ1) is 14.4. The second-order valence-electron chi connectivity index (χ2n) is 5.44. The third-order valence-corrected chi connectivity index (χ3v) is 3.97. The molecule has 1 aromatic rings. The summed E-state index contributed by atoms with van der Waals surface area (Å²) >= 11 is 6.04. The molecule has 1 aliphatic heterocycles. The monoisotopic (exact) mass is 283 g/mol. The number of amides is 1. The van der Waals surface area contributed by atoms with Gasteiger partial charge in [0.05, 0.1) is 5.02 Å². The van der Waals surface area contributed by atoms with Crippen LogP contribution in [0.3, 0.4) is 0 Å². The van der Waals surface area contributed by atoms with Crippen molar-refractivity contribution < 1.29 is 4.79 Å². The van der Waals surface area contributed by atoms with Crippen LogP contribution in [0.4, 0.5) is 0 Å². The summed E-state index contributed by atoms with van der Waals surface area (Å²) < 4.78 is 1.95. The Labute approximate surface area is 119 Å². The van der Waals surface area contributed by atoms with Crippen molar-refractivity contribution in [3.05, 3.63) is 23.0 Å². The van der Waals surface area contributed by atoms with E-state index in [9.17, 15) is 4.79 Å². The highest BCUT2D eigenvalue weighted by molar-refractivity contribution is 6.31. The van der Waals surface area contributed by atoms with E-state index in [-0.39, 0.29) is 11.9 Å². The molecule has 1 aliphatic rings. The first-order valence-corrected chi connectivity index (χ1v) is 7.23. The van der Waals surface area contributed by atoms with E-state index in [1.54, 1.807) is 6.07 Å². The SMILES string of the molecule is CC(C)n1cc(Cl)cc1C(=O)N(C)C1CCNCC1. The molecule has 2 rings (SSSR count). The van der Waals surface area contributed by atoms with Gasteiger partial charge in [-0.1, -0.05) is 11.6 Å². The molecule has 5 heteroatoms. The van der Waals surface area contributed by atoms with Crippen LogP contribution in [0.2, 0.25) is 5.02 Å². The summed E-state index contributed by atoms with van der Waals surface area (Å²) in [4.78, 5) is 14.5. The summed E-state index contributed by atoms with van der Waals surface area (Å²) in [7, 11) is 1.89. The van der Waals surface area contributed by atoms with Crippen molar-refractivity contribution in [1.29, 1.82) is 0 Å². The molecule has 2 heterocycles. The zero-order valence-electron chi connectivity index (χ0n) is 11.8. The number of nitrogens with one attached hydrogen (secondary N) is 1. The highest BCUT2D eigenvalue weighted by Crippen LogP contribution is 2.21. The van der Waals surface area contributed by atoms with E-state index < -0.39 is 0 Å². The molecule has 1 fully saturated rings. The van der Waals surface area contributed by atoms with E-state index in [2.05, 4.69) is 19.2 Å². The van der Waals surface area contributed by atoms with Gasteiger partial charge in [-0.2, -0.15) is 0 Å². The number of carbonyl (C=O) groups excluding carboxylic acids is 1. The maximum atomic E-state index is 12.6. The Hall–Kier alpha value is -1.00. The first-order valence-electron chi connectivity index (χ1n) is 6.86. The van der Waals surface area contributed by atoms with Crippen molar-refractivity contribution >= 4 is 17.5 Å². The van der Waals surface area contributed by atoms with Gasteiger partial charge in [0.2, 0.25) is 0 Å². The molecule has 1 N–H and O–H groups in total. The van der Waals surface area contributed by atoms with E-state index in [1.807, 2.05) is 22.7 Å². The molecule has 19 heavy (non-hydrogen) atoms. The number of halogens is 1. The van der Waals surface area contributed by atoms with Crippen molar-refractivity contribution in [2.75, 3.05) is 20.1 Å². The minimum atomic E-state index is 0.0625. The van der Waals surface area contributed by atoms with Gasteiger partial charge in [-0.3, -0.25) is 4.79 Å². The minimum absolute atomic E-state index is 0.0625. The molecule has 0 aromatic carbocycles. The lowest BCUT2D eigenvalue weighted by Gasteiger charge is -2.32. The van der Waals surface area contributed by atoms with Crippen LogP contribution in [0.1, 0.15) is 43.2 Å². The highest BCUT2D eigenvalue weighted by atomic mass is 35.5. The average Bonchev–Trinajstić information content (AvgIpc) is 2.80. The quantitative estimate of drug-likeness (QED) is 0.926. The second kappa shape index (κ2) is 5.97. The Balaban J connectivity index is 2.18. The molecular formula is C14H22ClN3O. The van der Waals surface area contributed by atoms with Gasteiger partial charge >= 0.3 is 0 Å². The Morgan fingerprint density at radius 2 is 2.11 bits per heavy atom. The molecule has 0 spiro atoms. The van der Waals surface area contributed by atoms with E-state index in [0.29, 0.717) is 16.8 Å². The minimum Gasteiger partial charge on any atom is -0.339 e.